The number of nitrogens with one attached hydrogen (secondary N) is 1. The van der Waals surface area contributed by atoms with E-state index in [0.717, 1.165) is 49.8 Å². The van der Waals surface area contributed by atoms with Crippen molar-refractivity contribution in [3.63, 3.8) is 0 Å². The van der Waals surface area contributed by atoms with Crippen LogP contribution in [0.25, 0.3) is 0 Å². The lowest BCUT2D eigenvalue weighted by Crippen LogP contribution is -2.46. The first kappa shape index (κ1) is 16.2. The first-order chi connectivity index (χ1) is 11.5. The summed E-state index contributed by atoms with van der Waals surface area (Å²) in [4.78, 5) is 24.0. The van der Waals surface area contributed by atoms with Gasteiger partial charge < -0.3 is 15.1 Å². The van der Waals surface area contributed by atoms with Crippen LogP contribution in [0.4, 0.5) is 17.5 Å². The molecule has 6 nitrogen and oxygen atoms in total. The summed E-state index contributed by atoms with van der Waals surface area (Å²) >= 11 is 0. The number of hydrogen-bond acceptors (Lipinski definition) is 5. The summed E-state index contributed by atoms with van der Waals surface area (Å²) in [5, 5.41) is 3.32. The molecule has 1 aromatic heterocycles. The van der Waals surface area contributed by atoms with Crippen LogP contribution in [0.3, 0.4) is 0 Å². The number of carbonyl (C=O) groups excluding carboxylic acids is 1. The molecule has 0 spiro atoms. The minimum atomic E-state index is 0.606. The van der Waals surface area contributed by atoms with Gasteiger partial charge in [0.1, 0.15) is 5.82 Å². The van der Waals surface area contributed by atoms with Gasteiger partial charge in [-0.15, -0.1) is 0 Å². The van der Waals surface area contributed by atoms with Gasteiger partial charge in [0.15, 0.2) is 0 Å². The van der Waals surface area contributed by atoms with Crippen molar-refractivity contribution in [3.05, 3.63) is 41.1 Å². The molecule has 0 atom stereocenters. The van der Waals surface area contributed by atoms with Crippen LogP contribution in [-0.4, -0.2) is 47.5 Å². The smallest absolute Gasteiger partial charge is 0.229 e. The summed E-state index contributed by atoms with van der Waals surface area (Å²) < 4.78 is 0. The van der Waals surface area contributed by atoms with E-state index >= 15 is 0 Å². The topological polar surface area (TPSA) is 61.4 Å². The molecule has 1 aromatic carbocycles. The van der Waals surface area contributed by atoms with Gasteiger partial charge in [0.05, 0.1) is 0 Å². The molecule has 1 aliphatic rings. The molecule has 1 aliphatic heterocycles. The molecule has 2 aromatic rings. The normalized spacial score (nSPS) is 14.6. The predicted molar refractivity (Wildman–Crippen MR) is 95.8 cm³/mol. The zero-order chi connectivity index (χ0) is 17.1. The van der Waals surface area contributed by atoms with E-state index in [1.54, 1.807) is 4.90 Å². The lowest BCUT2D eigenvalue weighted by Gasteiger charge is -2.33. The van der Waals surface area contributed by atoms with Crippen molar-refractivity contribution in [2.45, 2.75) is 20.8 Å². The number of hydrogen-bond donors (Lipinski definition) is 1. The molecule has 0 bridgehead atoms. The molecular weight excluding hydrogens is 302 g/mol. The lowest BCUT2D eigenvalue weighted by atomic mass is 10.1. The Morgan fingerprint density at radius 1 is 1.04 bits per heavy atom. The maximum absolute atomic E-state index is 10.8. The minimum absolute atomic E-state index is 0.606. The van der Waals surface area contributed by atoms with Crippen LogP contribution < -0.4 is 10.2 Å². The summed E-state index contributed by atoms with van der Waals surface area (Å²) in [6.07, 6.45) is 0.912. The highest BCUT2D eigenvalue weighted by atomic mass is 16.1. The van der Waals surface area contributed by atoms with E-state index in [9.17, 15) is 4.79 Å². The third-order valence-electron chi connectivity index (χ3n) is 4.26. The van der Waals surface area contributed by atoms with Crippen LogP contribution in [-0.2, 0) is 4.79 Å². The van der Waals surface area contributed by atoms with Gasteiger partial charge in [-0.1, -0.05) is 17.7 Å². The fourth-order valence-electron chi connectivity index (χ4n) is 2.90. The fourth-order valence-corrected chi connectivity index (χ4v) is 2.90. The molecule has 1 fully saturated rings. The van der Waals surface area contributed by atoms with Gasteiger partial charge in [0.25, 0.3) is 0 Å². The zero-order valence-electron chi connectivity index (χ0n) is 14.4. The van der Waals surface area contributed by atoms with Gasteiger partial charge in [-0.05, 0) is 32.4 Å². The number of nitrogens with zero attached hydrogens (tertiary/aromatic N) is 4. The molecule has 1 amide bonds. The highest BCUT2D eigenvalue weighted by Gasteiger charge is 2.18. The van der Waals surface area contributed by atoms with Gasteiger partial charge >= 0.3 is 0 Å². The standard InChI is InChI=1S/C18H23N5O/c1-13-4-5-16(14(2)10-13)20-18-19-15(3)11-17(21-18)23-8-6-22(12-24)7-9-23/h4-5,10-12H,6-9H2,1-3H3,(H,19,20,21). The van der Waals surface area contributed by atoms with Crippen molar-refractivity contribution < 1.29 is 4.79 Å². The number of anilines is 3. The fraction of sp³-hybridized carbons (Fsp3) is 0.389. The van der Waals surface area contributed by atoms with E-state index in [1.807, 2.05) is 13.0 Å². The zero-order valence-corrected chi connectivity index (χ0v) is 14.4. The van der Waals surface area contributed by atoms with Crippen molar-refractivity contribution >= 4 is 23.9 Å². The van der Waals surface area contributed by atoms with Gasteiger partial charge in [0.2, 0.25) is 12.4 Å². The molecule has 1 N–H and O–H groups in total. The number of carbonyl (C=O) groups is 1. The van der Waals surface area contributed by atoms with Crippen molar-refractivity contribution in [2.24, 2.45) is 0 Å². The summed E-state index contributed by atoms with van der Waals surface area (Å²) in [7, 11) is 0. The van der Waals surface area contributed by atoms with Gasteiger partial charge in [0, 0.05) is 43.6 Å². The van der Waals surface area contributed by atoms with E-state index in [4.69, 9.17) is 0 Å². The molecule has 0 aliphatic carbocycles. The van der Waals surface area contributed by atoms with E-state index < -0.39 is 0 Å². The Kier molecular flexibility index (Phi) is 4.64. The van der Waals surface area contributed by atoms with Gasteiger partial charge in [-0.3, -0.25) is 4.79 Å². The van der Waals surface area contributed by atoms with Gasteiger partial charge in [-0.2, -0.15) is 4.98 Å². The first-order valence-corrected chi connectivity index (χ1v) is 8.19. The number of piperazine rings is 1. The summed E-state index contributed by atoms with van der Waals surface area (Å²) in [6, 6.07) is 8.25. The molecule has 0 radical (unpaired) electrons. The molecule has 2 heterocycles. The largest absolute Gasteiger partial charge is 0.353 e. The van der Waals surface area contributed by atoms with E-state index in [1.165, 1.54) is 11.1 Å². The third kappa shape index (κ3) is 3.64. The monoisotopic (exact) mass is 325 g/mol. The maximum atomic E-state index is 10.8. The predicted octanol–water partition coefficient (Wildman–Crippen LogP) is 2.42. The van der Waals surface area contributed by atoms with Crippen molar-refractivity contribution in [1.29, 1.82) is 0 Å². The Balaban J connectivity index is 1.80. The summed E-state index contributed by atoms with van der Waals surface area (Å²) in [5.74, 6) is 1.51. The Bertz CT molecular complexity index is 738. The average Bonchev–Trinajstić information content (AvgIpc) is 2.57. The summed E-state index contributed by atoms with van der Waals surface area (Å²) in [6.45, 7) is 9.16. The highest BCUT2D eigenvalue weighted by molar-refractivity contribution is 5.60. The number of rotatable bonds is 4. The Morgan fingerprint density at radius 2 is 1.79 bits per heavy atom. The quantitative estimate of drug-likeness (QED) is 0.875. The second-order valence-electron chi connectivity index (χ2n) is 6.26. The molecule has 3 rings (SSSR count). The molecule has 0 saturated carbocycles. The van der Waals surface area contributed by atoms with E-state index in [2.05, 4.69) is 52.2 Å². The molecule has 0 unspecified atom stereocenters. The van der Waals surface area contributed by atoms with Crippen molar-refractivity contribution in [3.8, 4) is 0 Å². The molecule has 24 heavy (non-hydrogen) atoms. The minimum Gasteiger partial charge on any atom is -0.353 e. The maximum Gasteiger partial charge on any atom is 0.229 e. The Hall–Kier alpha value is -2.63. The molecule has 126 valence electrons. The van der Waals surface area contributed by atoms with Crippen LogP contribution in [0.2, 0.25) is 0 Å². The van der Waals surface area contributed by atoms with Crippen LogP contribution in [0, 0.1) is 20.8 Å². The van der Waals surface area contributed by atoms with Crippen molar-refractivity contribution in [2.75, 3.05) is 36.4 Å². The second-order valence-corrected chi connectivity index (χ2v) is 6.26. The van der Waals surface area contributed by atoms with Crippen LogP contribution >= 0.6 is 0 Å². The van der Waals surface area contributed by atoms with Crippen LogP contribution in [0.1, 0.15) is 16.8 Å². The van der Waals surface area contributed by atoms with Crippen LogP contribution in [0.15, 0.2) is 24.3 Å². The Labute approximate surface area is 142 Å². The second kappa shape index (κ2) is 6.86. The molecule has 1 saturated heterocycles. The third-order valence-corrected chi connectivity index (χ3v) is 4.26. The Morgan fingerprint density at radius 3 is 2.46 bits per heavy atom. The number of benzene rings is 1. The highest BCUT2D eigenvalue weighted by Crippen LogP contribution is 2.22. The van der Waals surface area contributed by atoms with Gasteiger partial charge in [-0.25, -0.2) is 4.98 Å². The summed E-state index contributed by atoms with van der Waals surface area (Å²) in [5.41, 5.74) is 4.34. The van der Waals surface area contributed by atoms with E-state index in [0.29, 0.717) is 5.95 Å². The average molecular weight is 325 g/mol. The number of amides is 1. The van der Waals surface area contributed by atoms with E-state index in [-0.39, 0.29) is 0 Å². The molecular formula is C18H23N5O. The molecule has 6 heteroatoms. The first-order valence-electron chi connectivity index (χ1n) is 8.19. The van der Waals surface area contributed by atoms with Crippen LogP contribution in [0.5, 0.6) is 0 Å². The SMILES string of the molecule is Cc1ccc(Nc2nc(C)cc(N3CCN(C=O)CC3)n2)c(C)c1. The number of aromatic nitrogens is 2. The van der Waals surface area contributed by atoms with Crippen molar-refractivity contribution in [1.82, 2.24) is 14.9 Å². The lowest BCUT2D eigenvalue weighted by molar-refractivity contribution is -0.118. The number of aryl methyl sites for hydroxylation is 3.